The van der Waals surface area contributed by atoms with E-state index in [9.17, 15) is 9.59 Å². The number of carbonyl (C=O) groups excluding carboxylic acids is 2. The van der Waals surface area contributed by atoms with Crippen LogP contribution in [0.1, 0.15) is 12.5 Å². The average Bonchev–Trinajstić information content (AvgIpc) is 3.10. The number of amides is 2. The highest BCUT2D eigenvalue weighted by molar-refractivity contribution is 9.10. The zero-order valence-electron chi connectivity index (χ0n) is 13.9. The molecule has 0 aliphatic carbocycles. The lowest BCUT2D eigenvalue weighted by Crippen LogP contribution is -2.31. The Bertz CT molecular complexity index is 1020. The summed E-state index contributed by atoms with van der Waals surface area (Å²) in [6.07, 6.45) is 0. The van der Waals surface area contributed by atoms with Gasteiger partial charge in [-0.15, -0.1) is 10.2 Å². The fourth-order valence-corrected chi connectivity index (χ4v) is 4.15. The highest BCUT2D eigenvalue weighted by Gasteiger charge is 2.36. The van der Waals surface area contributed by atoms with Crippen molar-refractivity contribution in [3.8, 4) is 0 Å². The highest BCUT2D eigenvalue weighted by Crippen LogP contribution is 2.33. The van der Waals surface area contributed by atoms with E-state index in [1.807, 2.05) is 6.07 Å². The number of anilines is 2. The van der Waals surface area contributed by atoms with Gasteiger partial charge in [0.05, 0.1) is 16.6 Å². The molecule has 0 radical (unpaired) electrons. The SMILES string of the molecule is CC1S/C(=N/N=C2\C(=O)Nc3ccc(Br)cc32)N(c2ccc(Cl)cc2)C1=O. The summed E-state index contributed by atoms with van der Waals surface area (Å²) >= 11 is 10.6. The van der Waals surface area contributed by atoms with Gasteiger partial charge in [-0.3, -0.25) is 14.5 Å². The fourth-order valence-electron chi connectivity index (χ4n) is 2.75. The van der Waals surface area contributed by atoms with E-state index in [1.165, 1.54) is 16.7 Å². The van der Waals surface area contributed by atoms with E-state index in [0.29, 0.717) is 27.1 Å². The maximum atomic E-state index is 12.6. The van der Waals surface area contributed by atoms with Crippen LogP contribution in [0.15, 0.2) is 57.1 Å². The molecule has 0 bridgehead atoms. The highest BCUT2D eigenvalue weighted by atomic mass is 79.9. The van der Waals surface area contributed by atoms with Gasteiger partial charge in [0.1, 0.15) is 0 Å². The fraction of sp³-hybridized carbons (Fsp3) is 0.111. The Morgan fingerprint density at radius 1 is 1.15 bits per heavy atom. The zero-order chi connectivity index (χ0) is 19.1. The van der Waals surface area contributed by atoms with Crippen molar-refractivity contribution in [2.45, 2.75) is 12.2 Å². The number of benzene rings is 2. The maximum absolute atomic E-state index is 12.6. The van der Waals surface area contributed by atoms with E-state index < -0.39 is 0 Å². The van der Waals surface area contributed by atoms with Crippen molar-refractivity contribution in [3.63, 3.8) is 0 Å². The molecule has 2 aliphatic rings. The summed E-state index contributed by atoms with van der Waals surface area (Å²) in [7, 11) is 0. The van der Waals surface area contributed by atoms with E-state index in [2.05, 4.69) is 31.4 Å². The van der Waals surface area contributed by atoms with E-state index in [0.717, 1.165) is 4.47 Å². The van der Waals surface area contributed by atoms with Crippen LogP contribution >= 0.6 is 39.3 Å². The molecule has 9 heteroatoms. The molecule has 2 aromatic rings. The third kappa shape index (κ3) is 3.40. The van der Waals surface area contributed by atoms with Crippen LogP contribution in [0.5, 0.6) is 0 Å². The molecule has 1 fully saturated rings. The molecule has 1 saturated heterocycles. The molecule has 1 N–H and O–H groups in total. The second-order valence-corrected chi connectivity index (χ2v) is 8.55. The van der Waals surface area contributed by atoms with Gasteiger partial charge in [0, 0.05) is 15.1 Å². The van der Waals surface area contributed by atoms with Crippen LogP contribution in [-0.4, -0.2) is 27.9 Å². The van der Waals surface area contributed by atoms with Crippen molar-refractivity contribution < 1.29 is 9.59 Å². The molecular formula is C18H12BrClN4O2S. The summed E-state index contributed by atoms with van der Waals surface area (Å²) in [5.74, 6) is -0.423. The first-order chi connectivity index (χ1) is 12.9. The van der Waals surface area contributed by atoms with Gasteiger partial charge >= 0.3 is 0 Å². The van der Waals surface area contributed by atoms with Crippen molar-refractivity contribution in [1.29, 1.82) is 0 Å². The number of nitrogens with zero attached hydrogens (tertiary/aromatic N) is 3. The standard InChI is InChI=1S/C18H12BrClN4O2S/c1-9-17(26)24(12-5-3-11(20)4-6-12)18(27-9)23-22-15-13-8-10(19)2-7-14(13)21-16(15)25/h2-9H,1H3,(H,21,22,25)/b23-18+. The number of hydrogen-bond acceptors (Lipinski definition) is 5. The Morgan fingerprint density at radius 3 is 2.63 bits per heavy atom. The van der Waals surface area contributed by atoms with Crippen molar-refractivity contribution in [1.82, 2.24) is 0 Å². The summed E-state index contributed by atoms with van der Waals surface area (Å²) in [6, 6.07) is 12.3. The predicted molar refractivity (Wildman–Crippen MR) is 113 cm³/mol. The van der Waals surface area contributed by atoms with Gasteiger partial charge in [0.25, 0.3) is 5.91 Å². The first-order valence-electron chi connectivity index (χ1n) is 7.97. The maximum Gasteiger partial charge on any atom is 0.276 e. The minimum atomic E-state index is -0.326. The molecule has 27 heavy (non-hydrogen) atoms. The normalized spacial score (nSPS) is 21.9. The van der Waals surface area contributed by atoms with Crippen LogP contribution in [0, 0.1) is 0 Å². The van der Waals surface area contributed by atoms with Crippen molar-refractivity contribution in [2.24, 2.45) is 10.2 Å². The molecule has 2 aromatic carbocycles. The largest absolute Gasteiger partial charge is 0.320 e. The Balaban J connectivity index is 1.73. The number of carbonyl (C=O) groups is 2. The molecule has 1 unspecified atom stereocenters. The van der Waals surface area contributed by atoms with Crippen molar-refractivity contribution in [2.75, 3.05) is 10.2 Å². The Kier molecular flexibility index (Phi) is 4.79. The molecule has 0 saturated carbocycles. The van der Waals surface area contributed by atoms with Gasteiger partial charge in [0.2, 0.25) is 5.91 Å². The molecule has 6 nitrogen and oxygen atoms in total. The number of amidine groups is 1. The second kappa shape index (κ2) is 7.10. The Hall–Kier alpha value is -2.16. The first kappa shape index (κ1) is 18.2. The summed E-state index contributed by atoms with van der Waals surface area (Å²) in [5.41, 5.74) is 2.21. The minimum Gasteiger partial charge on any atom is -0.320 e. The lowest BCUT2D eigenvalue weighted by Gasteiger charge is -2.15. The summed E-state index contributed by atoms with van der Waals surface area (Å²) in [6.45, 7) is 1.81. The smallest absolute Gasteiger partial charge is 0.276 e. The van der Waals surface area contributed by atoms with Gasteiger partial charge in [-0.05, 0) is 49.4 Å². The van der Waals surface area contributed by atoms with Gasteiger partial charge < -0.3 is 5.32 Å². The van der Waals surface area contributed by atoms with E-state index >= 15 is 0 Å². The number of halogens is 2. The van der Waals surface area contributed by atoms with Crippen molar-refractivity contribution in [3.05, 3.63) is 57.5 Å². The summed E-state index contributed by atoms with van der Waals surface area (Å²) in [4.78, 5) is 26.3. The molecule has 2 heterocycles. The third-order valence-corrected chi connectivity index (χ3v) is 5.84. The van der Waals surface area contributed by atoms with Crippen LogP contribution in [0.3, 0.4) is 0 Å². The lowest BCUT2D eigenvalue weighted by atomic mass is 10.1. The van der Waals surface area contributed by atoms with Crippen LogP contribution < -0.4 is 10.2 Å². The van der Waals surface area contributed by atoms with Gasteiger partial charge in [0.15, 0.2) is 10.9 Å². The van der Waals surface area contributed by atoms with Crippen LogP contribution in [0.25, 0.3) is 0 Å². The number of fused-ring (bicyclic) bond motifs is 1. The molecule has 2 aliphatic heterocycles. The monoisotopic (exact) mass is 462 g/mol. The van der Waals surface area contributed by atoms with Crippen LogP contribution in [-0.2, 0) is 9.59 Å². The Morgan fingerprint density at radius 2 is 1.89 bits per heavy atom. The number of hydrogen-bond donors (Lipinski definition) is 1. The van der Waals surface area contributed by atoms with Gasteiger partial charge in [-0.2, -0.15) is 0 Å². The molecule has 2 amide bonds. The molecule has 0 aromatic heterocycles. The predicted octanol–water partition coefficient (Wildman–Crippen LogP) is 4.28. The second-order valence-electron chi connectivity index (χ2n) is 5.89. The molecular weight excluding hydrogens is 452 g/mol. The summed E-state index contributed by atoms with van der Waals surface area (Å²) < 4.78 is 0.833. The number of nitrogens with one attached hydrogen (secondary N) is 1. The van der Waals surface area contributed by atoms with Crippen molar-refractivity contribution >= 4 is 73.4 Å². The van der Waals surface area contributed by atoms with E-state index in [4.69, 9.17) is 11.6 Å². The minimum absolute atomic E-state index is 0.0970. The van der Waals surface area contributed by atoms with Crippen LogP contribution in [0.2, 0.25) is 5.02 Å². The molecule has 0 spiro atoms. The zero-order valence-corrected chi connectivity index (χ0v) is 17.1. The quantitative estimate of drug-likeness (QED) is 0.676. The van der Waals surface area contributed by atoms with Gasteiger partial charge in [-0.1, -0.05) is 39.3 Å². The average molecular weight is 464 g/mol. The Labute approximate surface area is 172 Å². The molecule has 4 rings (SSSR count). The van der Waals surface area contributed by atoms with Gasteiger partial charge in [-0.25, -0.2) is 0 Å². The molecule has 136 valence electrons. The molecule has 1 atom stereocenters. The van der Waals surface area contributed by atoms with E-state index in [1.54, 1.807) is 43.3 Å². The number of rotatable bonds is 2. The summed E-state index contributed by atoms with van der Waals surface area (Å²) in [5, 5.41) is 11.8. The first-order valence-corrected chi connectivity index (χ1v) is 10.0. The van der Waals surface area contributed by atoms with E-state index in [-0.39, 0.29) is 22.8 Å². The van der Waals surface area contributed by atoms with Crippen LogP contribution in [0.4, 0.5) is 11.4 Å². The number of thioether (sulfide) groups is 1. The third-order valence-electron chi connectivity index (χ3n) is 4.06. The lowest BCUT2D eigenvalue weighted by molar-refractivity contribution is -0.116. The topological polar surface area (TPSA) is 74.1 Å².